The minimum atomic E-state index is -4.37. The second kappa shape index (κ2) is 8.51. The second-order valence-corrected chi connectivity index (χ2v) is 9.78. The largest absolute Gasteiger partial charge is 0.416 e. The Morgan fingerprint density at radius 3 is 2.45 bits per heavy atom. The zero-order valence-corrected chi connectivity index (χ0v) is 17.2. The highest BCUT2D eigenvalue weighted by atomic mass is 32.2. The maximum Gasteiger partial charge on any atom is 0.416 e. The van der Waals surface area contributed by atoms with Crippen LogP contribution in [0.4, 0.5) is 18.9 Å². The third kappa shape index (κ3) is 5.42. The molecule has 0 aliphatic carbocycles. The first kappa shape index (κ1) is 21.9. The molecule has 2 fully saturated rings. The van der Waals surface area contributed by atoms with Gasteiger partial charge in [0.25, 0.3) is 0 Å². The molecule has 6 nitrogen and oxygen atoms in total. The summed E-state index contributed by atoms with van der Waals surface area (Å²) < 4.78 is 62.2. The van der Waals surface area contributed by atoms with Gasteiger partial charge in [-0.05, 0) is 31.5 Å². The van der Waals surface area contributed by atoms with Gasteiger partial charge in [-0.2, -0.15) is 13.2 Å². The summed E-state index contributed by atoms with van der Waals surface area (Å²) in [7, 11) is -3.06. The topological polar surface area (TPSA) is 60.9 Å². The van der Waals surface area contributed by atoms with E-state index in [2.05, 4.69) is 0 Å². The monoisotopic (exact) mass is 433 g/mol. The van der Waals surface area contributed by atoms with Gasteiger partial charge in [0.2, 0.25) is 5.91 Å². The molecule has 2 heterocycles. The lowest BCUT2D eigenvalue weighted by Gasteiger charge is -2.37. The van der Waals surface area contributed by atoms with Crippen LogP contribution in [-0.4, -0.2) is 80.9 Å². The van der Waals surface area contributed by atoms with Crippen LogP contribution in [0.1, 0.15) is 18.9 Å². The minimum Gasteiger partial charge on any atom is -0.369 e. The predicted octanol–water partition coefficient (Wildman–Crippen LogP) is 1.86. The molecule has 1 aromatic carbocycles. The number of likely N-dealkylation sites (N-methyl/N-ethyl adjacent to an activating group) is 1. The zero-order valence-electron chi connectivity index (χ0n) is 16.4. The van der Waals surface area contributed by atoms with Gasteiger partial charge in [0, 0.05) is 44.5 Å². The molecule has 2 aliphatic heterocycles. The third-order valence-corrected chi connectivity index (χ3v) is 7.33. The smallest absolute Gasteiger partial charge is 0.369 e. The Morgan fingerprint density at radius 1 is 1.21 bits per heavy atom. The summed E-state index contributed by atoms with van der Waals surface area (Å²) in [5.74, 6) is 0.0506. The van der Waals surface area contributed by atoms with Gasteiger partial charge in [0.1, 0.15) is 0 Å². The number of piperazine rings is 1. The summed E-state index contributed by atoms with van der Waals surface area (Å²) >= 11 is 0. The molecule has 0 aromatic heterocycles. The number of hydrogen-bond donors (Lipinski definition) is 0. The Hall–Kier alpha value is -1.81. The van der Waals surface area contributed by atoms with Crippen molar-refractivity contribution in [1.82, 2.24) is 9.80 Å². The van der Waals surface area contributed by atoms with E-state index < -0.39 is 21.6 Å². The highest BCUT2D eigenvalue weighted by Gasteiger charge is 2.35. The van der Waals surface area contributed by atoms with E-state index in [1.807, 2.05) is 16.7 Å². The Labute approximate surface area is 169 Å². The predicted molar refractivity (Wildman–Crippen MR) is 105 cm³/mol. The normalized spacial score (nSPS) is 22.6. The molecule has 29 heavy (non-hydrogen) atoms. The van der Waals surface area contributed by atoms with E-state index in [4.69, 9.17) is 0 Å². The van der Waals surface area contributed by atoms with Crippen molar-refractivity contribution < 1.29 is 26.4 Å². The van der Waals surface area contributed by atoms with Crippen molar-refractivity contribution in [2.45, 2.75) is 25.6 Å². The third-order valence-electron chi connectivity index (χ3n) is 5.58. The Kier molecular flexibility index (Phi) is 6.42. The molecule has 1 amide bonds. The van der Waals surface area contributed by atoms with Crippen LogP contribution in [0.25, 0.3) is 0 Å². The molecule has 162 valence electrons. The number of hydrogen-bond acceptors (Lipinski definition) is 5. The lowest BCUT2D eigenvalue weighted by Crippen LogP contribution is -2.51. The quantitative estimate of drug-likeness (QED) is 0.710. The van der Waals surface area contributed by atoms with Gasteiger partial charge in [-0.25, -0.2) is 8.42 Å². The molecule has 1 atom stereocenters. The van der Waals surface area contributed by atoms with E-state index >= 15 is 0 Å². The molecular weight excluding hydrogens is 407 g/mol. The van der Waals surface area contributed by atoms with Crippen molar-refractivity contribution in [3.05, 3.63) is 29.8 Å². The summed E-state index contributed by atoms with van der Waals surface area (Å²) in [6, 6.07) is 5.02. The summed E-state index contributed by atoms with van der Waals surface area (Å²) in [5, 5.41) is 0. The van der Waals surface area contributed by atoms with E-state index in [-0.39, 0.29) is 30.0 Å². The Bertz CT molecular complexity index is 837. The number of sulfone groups is 1. The van der Waals surface area contributed by atoms with Gasteiger partial charge < -0.3 is 9.80 Å². The summed E-state index contributed by atoms with van der Waals surface area (Å²) in [6.07, 6.45) is -3.90. The molecule has 1 unspecified atom stereocenters. The highest BCUT2D eigenvalue weighted by molar-refractivity contribution is 7.91. The molecule has 1 aromatic rings. The molecule has 0 spiro atoms. The number of carbonyl (C=O) groups is 1. The van der Waals surface area contributed by atoms with Gasteiger partial charge in [-0.1, -0.05) is 6.07 Å². The molecule has 2 aliphatic rings. The molecule has 2 saturated heterocycles. The SMILES string of the molecule is CCN(C(=O)CN1CCN(c2cccc(C(F)(F)F)c2)CC1)C1CCS(=O)(=O)C1. The second-order valence-electron chi connectivity index (χ2n) is 7.55. The van der Waals surface area contributed by atoms with Crippen LogP contribution in [0.5, 0.6) is 0 Å². The maximum atomic E-state index is 12.9. The average molecular weight is 433 g/mol. The van der Waals surface area contributed by atoms with E-state index in [1.165, 1.54) is 6.07 Å². The van der Waals surface area contributed by atoms with Crippen LogP contribution in [-0.2, 0) is 20.8 Å². The number of carbonyl (C=O) groups excluding carboxylic acids is 1. The zero-order chi connectivity index (χ0) is 21.2. The molecule has 10 heteroatoms. The number of nitrogens with zero attached hydrogens (tertiary/aromatic N) is 3. The van der Waals surface area contributed by atoms with Crippen LogP contribution in [0, 0.1) is 0 Å². The first-order valence-electron chi connectivity index (χ1n) is 9.73. The van der Waals surface area contributed by atoms with Crippen LogP contribution in [0.2, 0.25) is 0 Å². The minimum absolute atomic E-state index is 0.0237. The maximum absolute atomic E-state index is 12.9. The van der Waals surface area contributed by atoms with Gasteiger partial charge in [0.15, 0.2) is 9.84 Å². The highest BCUT2D eigenvalue weighted by Crippen LogP contribution is 2.31. The number of rotatable bonds is 5. The fourth-order valence-corrected chi connectivity index (χ4v) is 5.72. The van der Waals surface area contributed by atoms with Crippen molar-refractivity contribution in [3.8, 4) is 0 Å². The molecule has 0 radical (unpaired) electrons. The lowest BCUT2D eigenvalue weighted by molar-refractivity contribution is -0.137. The van der Waals surface area contributed by atoms with Crippen LogP contribution >= 0.6 is 0 Å². The summed E-state index contributed by atoms with van der Waals surface area (Å²) in [5.41, 5.74) is -0.144. The lowest BCUT2D eigenvalue weighted by atomic mass is 10.1. The first-order valence-corrected chi connectivity index (χ1v) is 11.6. The van der Waals surface area contributed by atoms with E-state index in [1.54, 1.807) is 11.0 Å². The van der Waals surface area contributed by atoms with Crippen LogP contribution in [0.15, 0.2) is 24.3 Å². The average Bonchev–Trinajstić information content (AvgIpc) is 3.02. The summed E-state index contributed by atoms with van der Waals surface area (Å²) in [4.78, 5) is 18.2. The van der Waals surface area contributed by atoms with E-state index in [9.17, 15) is 26.4 Å². The van der Waals surface area contributed by atoms with Gasteiger partial charge in [-0.3, -0.25) is 9.69 Å². The number of alkyl halides is 3. The fourth-order valence-electron chi connectivity index (χ4n) is 3.98. The fraction of sp³-hybridized carbons (Fsp3) is 0.632. The number of halogens is 3. The summed E-state index contributed by atoms with van der Waals surface area (Å²) in [6.45, 7) is 4.67. The number of anilines is 1. The van der Waals surface area contributed by atoms with Crippen LogP contribution < -0.4 is 4.90 Å². The molecule has 0 saturated carbocycles. The molecule has 3 rings (SSSR count). The van der Waals surface area contributed by atoms with Gasteiger partial charge >= 0.3 is 6.18 Å². The van der Waals surface area contributed by atoms with Gasteiger partial charge in [-0.15, -0.1) is 0 Å². The number of benzene rings is 1. The standard InChI is InChI=1S/C19H26F3N3O3S/c1-2-25(17-6-11-29(27,28)14-17)18(26)13-23-7-9-24(10-8-23)16-5-3-4-15(12-16)19(20,21)22/h3-5,12,17H,2,6-11,13-14H2,1H3. The van der Waals surface area contributed by atoms with Gasteiger partial charge in [0.05, 0.1) is 23.6 Å². The van der Waals surface area contributed by atoms with Crippen molar-refractivity contribution >= 4 is 21.4 Å². The van der Waals surface area contributed by atoms with Crippen molar-refractivity contribution in [3.63, 3.8) is 0 Å². The molecular formula is C19H26F3N3O3S. The van der Waals surface area contributed by atoms with Crippen LogP contribution in [0.3, 0.4) is 0 Å². The van der Waals surface area contributed by atoms with Crippen molar-refractivity contribution in [2.75, 3.05) is 55.7 Å². The van der Waals surface area contributed by atoms with Crippen molar-refractivity contribution in [1.29, 1.82) is 0 Å². The Morgan fingerprint density at radius 2 is 1.90 bits per heavy atom. The number of amides is 1. The molecule has 0 N–H and O–H groups in total. The van der Waals surface area contributed by atoms with Crippen molar-refractivity contribution in [2.24, 2.45) is 0 Å². The first-order chi connectivity index (χ1) is 13.6. The van der Waals surface area contributed by atoms with E-state index in [0.717, 1.165) is 12.1 Å². The Balaban J connectivity index is 1.55. The molecule has 0 bridgehead atoms. The van der Waals surface area contributed by atoms with E-state index in [0.29, 0.717) is 44.8 Å².